The largest absolute Gasteiger partial charge is 0.481 e. The molecule has 7 nitrogen and oxygen atoms in total. The van der Waals surface area contributed by atoms with E-state index in [4.69, 9.17) is 9.47 Å². The van der Waals surface area contributed by atoms with Crippen molar-refractivity contribution in [2.45, 2.75) is 26.1 Å². The predicted octanol–water partition coefficient (Wildman–Crippen LogP) is 3.47. The van der Waals surface area contributed by atoms with Gasteiger partial charge in [0.1, 0.15) is 5.75 Å². The van der Waals surface area contributed by atoms with Crippen LogP contribution in [-0.4, -0.2) is 59.0 Å². The molecule has 160 valence electrons. The molecule has 2 atom stereocenters. The van der Waals surface area contributed by atoms with Crippen LogP contribution in [0.25, 0.3) is 0 Å². The lowest BCUT2D eigenvalue weighted by molar-refractivity contribution is -0.120. The van der Waals surface area contributed by atoms with Crippen LogP contribution in [0.3, 0.4) is 0 Å². The van der Waals surface area contributed by atoms with Gasteiger partial charge < -0.3 is 29.5 Å². The molecule has 4 rings (SSSR count). The zero-order chi connectivity index (χ0) is 21.4. The standard InChI is InChI=1S/C23H30N4O3/c1-15-12-27(13-16(2)30-15)19-8-6-17(10-21(19)25(3)4)24-18-7-9-20-22(11-18)29-14-23(28)26(20)5/h6-11,15-16,24H,12-14H2,1-5H3. The Hall–Kier alpha value is -2.93. The third-order valence-corrected chi connectivity index (χ3v) is 5.55. The number of rotatable bonds is 4. The van der Waals surface area contributed by atoms with Crippen LogP contribution < -0.4 is 24.8 Å². The maximum absolute atomic E-state index is 11.8. The molecule has 2 aliphatic heterocycles. The SMILES string of the molecule is CC1CN(c2ccc(Nc3ccc4c(c3)OCC(=O)N4C)cc2N(C)C)CC(C)O1. The molecule has 2 unspecified atom stereocenters. The van der Waals surface area contributed by atoms with E-state index >= 15 is 0 Å². The lowest BCUT2D eigenvalue weighted by Gasteiger charge is -2.38. The topological polar surface area (TPSA) is 57.3 Å². The monoisotopic (exact) mass is 410 g/mol. The van der Waals surface area contributed by atoms with Gasteiger partial charge in [0.25, 0.3) is 5.91 Å². The Kier molecular flexibility index (Phi) is 5.47. The molecule has 1 N–H and O–H groups in total. The van der Waals surface area contributed by atoms with E-state index in [2.05, 4.69) is 61.3 Å². The highest BCUT2D eigenvalue weighted by Gasteiger charge is 2.25. The number of fused-ring (bicyclic) bond motifs is 1. The summed E-state index contributed by atoms with van der Waals surface area (Å²) < 4.78 is 11.5. The van der Waals surface area contributed by atoms with Gasteiger partial charge in [-0.2, -0.15) is 0 Å². The fraction of sp³-hybridized carbons (Fsp3) is 0.435. The lowest BCUT2D eigenvalue weighted by atomic mass is 10.1. The summed E-state index contributed by atoms with van der Waals surface area (Å²) in [4.78, 5) is 18.0. The highest BCUT2D eigenvalue weighted by Crippen LogP contribution is 2.37. The van der Waals surface area contributed by atoms with Gasteiger partial charge in [-0.15, -0.1) is 0 Å². The lowest BCUT2D eigenvalue weighted by Crippen LogP contribution is -2.45. The summed E-state index contributed by atoms with van der Waals surface area (Å²) in [5.41, 5.74) is 5.07. The van der Waals surface area contributed by atoms with Crippen molar-refractivity contribution in [1.82, 2.24) is 0 Å². The maximum atomic E-state index is 11.8. The Labute approximate surface area is 178 Å². The van der Waals surface area contributed by atoms with Crippen LogP contribution in [0.4, 0.5) is 28.4 Å². The number of nitrogens with one attached hydrogen (secondary N) is 1. The molecule has 1 fully saturated rings. The summed E-state index contributed by atoms with van der Waals surface area (Å²) in [6, 6.07) is 12.2. The van der Waals surface area contributed by atoms with Gasteiger partial charge in [-0.05, 0) is 44.2 Å². The average Bonchev–Trinajstić information content (AvgIpc) is 2.70. The van der Waals surface area contributed by atoms with E-state index in [9.17, 15) is 4.79 Å². The van der Waals surface area contributed by atoms with E-state index in [0.717, 1.165) is 35.8 Å². The zero-order valence-electron chi connectivity index (χ0n) is 18.3. The fourth-order valence-corrected chi connectivity index (χ4v) is 4.12. The second-order valence-electron chi connectivity index (χ2n) is 8.31. The first kappa shape index (κ1) is 20.3. The molecule has 0 aliphatic carbocycles. The van der Waals surface area contributed by atoms with Crippen LogP contribution in [-0.2, 0) is 9.53 Å². The van der Waals surface area contributed by atoms with Crippen LogP contribution in [0.2, 0.25) is 0 Å². The van der Waals surface area contributed by atoms with E-state index < -0.39 is 0 Å². The highest BCUT2D eigenvalue weighted by atomic mass is 16.5. The van der Waals surface area contributed by atoms with Gasteiger partial charge in [-0.25, -0.2) is 0 Å². The van der Waals surface area contributed by atoms with Crippen molar-refractivity contribution in [2.24, 2.45) is 0 Å². The van der Waals surface area contributed by atoms with Crippen molar-refractivity contribution in [3.63, 3.8) is 0 Å². The molecule has 0 bridgehead atoms. The van der Waals surface area contributed by atoms with Crippen LogP contribution in [0.5, 0.6) is 5.75 Å². The highest BCUT2D eigenvalue weighted by molar-refractivity contribution is 5.97. The van der Waals surface area contributed by atoms with E-state index in [1.165, 1.54) is 5.69 Å². The number of morpholine rings is 1. The first-order valence-corrected chi connectivity index (χ1v) is 10.3. The number of amides is 1. The van der Waals surface area contributed by atoms with E-state index in [1.54, 1.807) is 11.9 Å². The number of hydrogen-bond acceptors (Lipinski definition) is 6. The van der Waals surface area contributed by atoms with Crippen LogP contribution in [0.15, 0.2) is 36.4 Å². The summed E-state index contributed by atoms with van der Waals surface area (Å²) in [5, 5.41) is 3.47. The third-order valence-electron chi connectivity index (χ3n) is 5.55. The van der Waals surface area contributed by atoms with Gasteiger partial charge in [0.05, 0.1) is 29.3 Å². The fourth-order valence-electron chi connectivity index (χ4n) is 4.12. The Morgan fingerprint density at radius 3 is 2.30 bits per heavy atom. The summed E-state index contributed by atoms with van der Waals surface area (Å²) >= 11 is 0. The number of likely N-dealkylation sites (N-methyl/N-ethyl adjacent to an activating group) is 1. The quantitative estimate of drug-likeness (QED) is 0.833. The molecule has 2 aromatic carbocycles. The van der Waals surface area contributed by atoms with Gasteiger partial charge >= 0.3 is 0 Å². The van der Waals surface area contributed by atoms with Gasteiger partial charge in [0, 0.05) is 51.7 Å². The number of nitrogens with zero attached hydrogens (tertiary/aromatic N) is 3. The molecular weight excluding hydrogens is 380 g/mol. The molecule has 2 aliphatic rings. The maximum Gasteiger partial charge on any atom is 0.264 e. The first-order chi connectivity index (χ1) is 14.3. The van der Waals surface area contributed by atoms with Gasteiger partial charge in [0.15, 0.2) is 6.61 Å². The number of hydrogen-bond donors (Lipinski definition) is 1. The number of carbonyl (C=O) groups excluding carboxylic acids is 1. The molecule has 1 saturated heterocycles. The second kappa shape index (κ2) is 8.07. The molecule has 30 heavy (non-hydrogen) atoms. The van der Waals surface area contributed by atoms with Gasteiger partial charge in [-0.1, -0.05) is 0 Å². The van der Waals surface area contributed by atoms with Gasteiger partial charge in [0.2, 0.25) is 0 Å². The number of carbonyl (C=O) groups is 1. The van der Waals surface area contributed by atoms with Crippen LogP contribution >= 0.6 is 0 Å². The zero-order valence-corrected chi connectivity index (χ0v) is 18.3. The van der Waals surface area contributed by atoms with Crippen molar-refractivity contribution >= 4 is 34.3 Å². The van der Waals surface area contributed by atoms with Crippen LogP contribution in [0.1, 0.15) is 13.8 Å². The van der Waals surface area contributed by atoms with Crippen molar-refractivity contribution in [2.75, 3.05) is 60.9 Å². The Morgan fingerprint density at radius 1 is 1.00 bits per heavy atom. The summed E-state index contributed by atoms with van der Waals surface area (Å²) in [5.74, 6) is 0.670. The molecule has 0 aromatic heterocycles. The molecule has 0 radical (unpaired) electrons. The molecular formula is C23H30N4O3. The smallest absolute Gasteiger partial charge is 0.264 e. The van der Waals surface area contributed by atoms with Crippen LogP contribution in [0, 0.1) is 0 Å². The average molecular weight is 411 g/mol. The normalized spacial score (nSPS) is 21.2. The minimum absolute atomic E-state index is 0.0406. The molecule has 7 heteroatoms. The van der Waals surface area contributed by atoms with E-state index in [0.29, 0.717) is 5.75 Å². The molecule has 2 aromatic rings. The van der Waals surface area contributed by atoms with E-state index in [1.807, 2.05) is 18.2 Å². The Balaban J connectivity index is 1.58. The Bertz CT molecular complexity index is 936. The number of anilines is 5. The van der Waals surface area contributed by atoms with Crippen molar-refractivity contribution in [3.05, 3.63) is 36.4 Å². The predicted molar refractivity (Wildman–Crippen MR) is 122 cm³/mol. The molecule has 0 spiro atoms. The second-order valence-corrected chi connectivity index (χ2v) is 8.31. The summed E-state index contributed by atoms with van der Waals surface area (Å²) in [6.07, 6.45) is 0.421. The molecule has 1 amide bonds. The van der Waals surface area contributed by atoms with Crippen molar-refractivity contribution < 1.29 is 14.3 Å². The third kappa shape index (κ3) is 4.03. The van der Waals surface area contributed by atoms with Gasteiger partial charge in [-0.3, -0.25) is 4.79 Å². The minimum Gasteiger partial charge on any atom is -0.481 e. The Morgan fingerprint density at radius 2 is 1.63 bits per heavy atom. The molecule has 2 heterocycles. The number of benzene rings is 2. The molecule has 0 saturated carbocycles. The minimum atomic E-state index is -0.0406. The van der Waals surface area contributed by atoms with Crippen molar-refractivity contribution in [3.8, 4) is 5.75 Å². The first-order valence-electron chi connectivity index (χ1n) is 10.3. The summed E-state index contributed by atoms with van der Waals surface area (Å²) in [6.45, 7) is 6.08. The number of ether oxygens (including phenoxy) is 2. The van der Waals surface area contributed by atoms with Crippen molar-refractivity contribution in [1.29, 1.82) is 0 Å². The van der Waals surface area contributed by atoms with E-state index in [-0.39, 0.29) is 24.7 Å². The summed E-state index contributed by atoms with van der Waals surface area (Å²) in [7, 11) is 5.90.